The number of fused-ring (bicyclic) bond motifs is 2. The minimum absolute atomic E-state index is 0.0428. The maximum absolute atomic E-state index is 14.4. The summed E-state index contributed by atoms with van der Waals surface area (Å²) in [6.45, 7) is 2.00. The zero-order chi connectivity index (χ0) is 31.7. The average Bonchev–Trinajstić information content (AvgIpc) is 3.26. The van der Waals surface area contributed by atoms with Crippen LogP contribution in [0.25, 0.3) is 28.1 Å². The van der Waals surface area contributed by atoms with Crippen molar-refractivity contribution in [1.82, 2.24) is 10.3 Å². The fourth-order valence-electron chi connectivity index (χ4n) is 6.54. The van der Waals surface area contributed by atoms with Gasteiger partial charge >= 0.3 is 0 Å². The number of amides is 1. The molecule has 6 rings (SSSR count). The largest absolute Gasteiger partial charge is 0.612 e. The van der Waals surface area contributed by atoms with Crippen LogP contribution in [0.15, 0.2) is 83.3 Å². The molecule has 8 heteroatoms. The Hall–Kier alpha value is -4.14. The molecule has 1 aromatic heterocycles. The molecule has 2 aliphatic carbocycles. The molecule has 1 unspecified atom stereocenters. The van der Waals surface area contributed by atoms with Crippen LogP contribution in [0, 0.1) is 5.82 Å². The molecule has 4 aromatic rings. The Balaban J connectivity index is 1.11. The predicted octanol–water partition coefficient (Wildman–Crippen LogP) is 7.43. The number of hydrogen-bond acceptors (Lipinski definition) is 5. The lowest BCUT2D eigenvalue weighted by Crippen LogP contribution is -2.40. The number of hydrogen-bond donors (Lipinski definition) is 2. The monoisotopic (exact) mass is 622 g/mol. The lowest BCUT2D eigenvalue weighted by Gasteiger charge is -2.30. The number of para-hydroxylation sites is 1. The number of nitrogens with one attached hydrogen (secondary N) is 2. The fourth-order valence-corrected chi connectivity index (χ4v) is 7.05. The fraction of sp³-hybridized carbons (Fsp3) is 0.297. The molecule has 0 aliphatic heterocycles. The minimum Gasteiger partial charge on any atom is -0.612 e. The molecule has 0 spiro atoms. The zero-order valence-electron chi connectivity index (χ0n) is 26.2. The second kappa shape index (κ2) is 13.1. The smallest absolute Gasteiger partial charge is 0.224 e. The topological polar surface area (TPSA) is 80.3 Å². The van der Waals surface area contributed by atoms with Crippen molar-refractivity contribution in [3.05, 3.63) is 101 Å². The summed E-state index contributed by atoms with van der Waals surface area (Å²) < 4.78 is 26.2. The molecule has 2 N–H and O–H groups in total. The van der Waals surface area contributed by atoms with E-state index in [0.717, 1.165) is 86.4 Å². The van der Waals surface area contributed by atoms with Gasteiger partial charge in [0.05, 0.1) is 11.9 Å². The van der Waals surface area contributed by atoms with Gasteiger partial charge in [-0.05, 0) is 126 Å². The molecule has 1 amide bonds. The Morgan fingerprint density at radius 3 is 2.42 bits per heavy atom. The highest BCUT2D eigenvalue weighted by atomic mass is 32.2. The van der Waals surface area contributed by atoms with Gasteiger partial charge in [0.25, 0.3) is 0 Å². The zero-order valence-corrected chi connectivity index (χ0v) is 27.0. The third kappa shape index (κ3) is 6.77. The molecule has 0 radical (unpaired) electrons. The summed E-state index contributed by atoms with van der Waals surface area (Å²) >= 11 is -1.05. The molecule has 0 bridgehead atoms. The Morgan fingerprint density at radius 1 is 1.00 bits per heavy atom. The van der Waals surface area contributed by atoms with E-state index in [-0.39, 0.29) is 30.2 Å². The van der Waals surface area contributed by atoms with Gasteiger partial charge in [-0.3, -0.25) is 4.79 Å². The Morgan fingerprint density at radius 2 is 1.71 bits per heavy atom. The number of anilines is 2. The van der Waals surface area contributed by atoms with Crippen molar-refractivity contribution in [2.45, 2.75) is 56.0 Å². The number of carbonyl (C=O) groups excluding carboxylic acids is 1. The molecule has 45 heavy (non-hydrogen) atoms. The number of carbonyl (C=O) groups is 1. The average molecular weight is 623 g/mol. The standard InChI is InChI=1S/C37H39FN4O2S/c1-23-31(19-24-9-16-28(17-10-24)45(4)44)29-18-11-25(38)20-33(29)32(23)21-37(43)40-27-14-12-26(13-15-27)39-36-22-35(42(2)3)30-7-5-6-8-34(30)41-36/h5-11,16-20,22,26-27H,12-15,21H2,1-4H3,(H,39,41)(H,40,43)/b31-19+/t26-,27+,45?. The van der Waals surface area contributed by atoms with Gasteiger partial charge in [0.15, 0.2) is 4.90 Å². The van der Waals surface area contributed by atoms with Crippen molar-refractivity contribution in [2.24, 2.45) is 0 Å². The van der Waals surface area contributed by atoms with E-state index in [0.29, 0.717) is 0 Å². The van der Waals surface area contributed by atoms with E-state index in [1.165, 1.54) is 12.1 Å². The summed E-state index contributed by atoms with van der Waals surface area (Å²) in [5.41, 5.74) is 7.56. The Bertz CT molecular complexity index is 1790. The molecule has 2 aliphatic rings. The quantitative estimate of drug-likeness (QED) is 0.200. The van der Waals surface area contributed by atoms with E-state index in [2.05, 4.69) is 33.7 Å². The minimum atomic E-state index is -1.05. The number of pyridine rings is 1. The van der Waals surface area contributed by atoms with Crippen LogP contribution in [0.5, 0.6) is 0 Å². The lowest BCUT2D eigenvalue weighted by atomic mass is 9.90. The van der Waals surface area contributed by atoms with Crippen LogP contribution in [-0.2, 0) is 16.0 Å². The van der Waals surface area contributed by atoms with Crippen molar-refractivity contribution in [3.8, 4) is 0 Å². The summed E-state index contributed by atoms with van der Waals surface area (Å²) in [5, 5.41) is 8.03. The maximum Gasteiger partial charge on any atom is 0.224 e. The lowest BCUT2D eigenvalue weighted by molar-refractivity contribution is -0.121. The Kier molecular flexibility index (Phi) is 8.97. The van der Waals surface area contributed by atoms with Gasteiger partial charge < -0.3 is 20.1 Å². The highest BCUT2D eigenvalue weighted by Crippen LogP contribution is 2.44. The Labute approximate surface area is 267 Å². The van der Waals surface area contributed by atoms with Crippen LogP contribution in [0.4, 0.5) is 15.9 Å². The van der Waals surface area contributed by atoms with Crippen molar-refractivity contribution < 1.29 is 13.7 Å². The third-order valence-corrected chi connectivity index (χ3v) is 9.87. The third-order valence-electron chi connectivity index (χ3n) is 8.93. The van der Waals surface area contributed by atoms with Gasteiger partial charge in [-0.1, -0.05) is 24.3 Å². The first kappa shape index (κ1) is 30.9. The van der Waals surface area contributed by atoms with E-state index in [1.54, 1.807) is 12.3 Å². The van der Waals surface area contributed by atoms with Crippen LogP contribution in [-0.4, -0.2) is 47.9 Å². The van der Waals surface area contributed by atoms with Crippen LogP contribution < -0.4 is 15.5 Å². The first-order valence-electron chi connectivity index (χ1n) is 15.4. The second-order valence-electron chi connectivity index (χ2n) is 12.3. The van der Waals surface area contributed by atoms with Crippen LogP contribution >= 0.6 is 0 Å². The van der Waals surface area contributed by atoms with Crippen LogP contribution in [0.3, 0.4) is 0 Å². The molecule has 1 fully saturated rings. The van der Waals surface area contributed by atoms with E-state index in [1.807, 2.05) is 63.5 Å². The van der Waals surface area contributed by atoms with E-state index >= 15 is 0 Å². The van der Waals surface area contributed by atoms with Crippen LogP contribution in [0.1, 0.15) is 55.7 Å². The van der Waals surface area contributed by atoms with Crippen LogP contribution in [0.2, 0.25) is 0 Å². The molecule has 1 atom stereocenters. The van der Waals surface area contributed by atoms with Gasteiger partial charge in [-0.15, -0.1) is 0 Å². The number of halogens is 1. The highest BCUT2D eigenvalue weighted by molar-refractivity contribution is 7.90. The van der Waals surface area contributed by atoms with Gasteiger partial charge in [0.1, 0.15) is 17.9 Å². The first-order chi connectivity index (χ1) is 21.7. The molecule has 1 heterocycles. The van der Waals surface area contributed by atoms with Crippen molar-refractivity contribution in [2.75, 3.05) is 30.6 Å². The SMILES string of the molecule is CC1=C(CC(=O)N[C@H]2CC[C@@H](Nc3cc(N(C)C)c4ccccc4n3)CC2)c2cc(F)ccc2/C1=C/c1ccc([S+](C)[O-])cc1. The molecule has 232 valence electrons. The number of aromatic nitrogens is 1. The van der Waals surface area contributed by atoms with Gasteiger partial charge in [0.2, 0.25) is 5.91 Å². The summed E-state index contributed by atoms with van der Waals surface area (Å²) in [7, 11) is 4.09. The number of nitrogens with zero attached hydrogens (tertiary/aromatic N) is 2. The molecule has 3 aromatic carbocycles. The summed E-state index contributed by atoms with van der Waals surface area (Å²) in [6, 6.07) is 23.1. The van der Waals surface area contributed by atoms with Crippen molar-refractivity contribution in [1.29, 1.82) is 0 Å². The van der Waals surface area contributed by atoms with E-state index < -0.39 is 11.2 Å². The highest BCUT2D eigenvalue weighted by Gasteiger charge is 2.28. The van der Waals surface area contributed by atoms with Gasteiger partial charge in [-0.2, -0.15) is 0 Å². The predicted molar refractivity (Wildman–Crippen MR) is 184 cm³/mol. The number of benzene rings is 3. The molecule has 0 saturated heterocycles. The molecule has 6 nitrogen and oxygen atoms in total. The second-order valence-corrected chi connectivity index (χ2v) is 13.6. The van der Waals surface area contributed by atoms with Gasteiger partial charge in [-0.25, -0.2) is 9.37 Å². The summed E-state index contributed by atoms with van der Waals surface area (Å²) in [4.78, 5) is 21.1. The molecular weight excluding hydrogens is 583 g/mol. The number of rotatable bonds is 8. The van der Waals surface area contributed by atoms with E-state index in [4.69, 9.17) is 4.98 Å². The first-order valence-corrected chi connectivity index (χ1v) is 17.0. The molecule has 1 saturated carbocycles. The summed E-state index contributed by atoms with van der Waals surface area (Å²) in [5.74, 6) is 0.512. The van der Waals surface area contributed by atoms with Crippen molar-refractivity contribution >= 4 is 56.7 Å². The number of allylic oxidation sites excluding steroid dienone is 2. The molecular formula is C37H39FN4O2S. The normalized spacial score (nSPS) is 19.5. The van der Waals surface area contributed by atoms with E-state index in [9.17, 15) is 13.7 Å². The summed E-state index contributed by atoms with van der Waals surface area (Å²) in [6.07, 6.45) is 7.54. The van der Waals surface area contributed by atoms with Crippen molar-refractivity contribution in [3.63, 3.8) is 0 Å². The maximum atomic E-state index is 14.4. The van der Waals surface area contributed by atoms with Gasteiger partial charge in [0, 0.05) is 43.3 Å².